The summed E-state index contributed by atoms with van der Waals surface area (Å²) in [6.45, 7) is 4.92. The molecule has 16 heteroatoms. The predicted octanol–water partition coefficient (Wildman–Crippen LogP) is -0.0572. The van der Waals surface area contributed by atoms with E-state index in [1.807, 2.05) is 33.0 Å². The number of fused-ring (bicyclic) bond motifs is 1. The lowest BCUT2D eigenvalue weighted by molar-refractivity contribution is -0.153. The number of rotatable bonds is 13. The first-order valence-corrected chi connectivity index (χ1v) is 15.9. The first kappa shape index (κ1) is 36.3. The maximum absolute atomic E-state index is 13.4. The van der Waals surface area contributed by atoms with E-state index in [4.69, 9.17) is 30.8 Å². The van der Waals surface area contributed by atoms with Gasteiger partial charge >= 0.3 is 12.1 Å². The quantitative estimate of drug-likeness (QED) is 0.0700. The molecule has 2 aliphatic heterocycles. The molecule has 0 saturated carbocycles. The highest BCUT2D eigenvalue weighted by Crippen LogP contribution is 2.62. The lowest BCUT2D eigenvalue weighted by Crippen LogP contribution is -2.71. The molecular weight excluding hydrogens is 626 g/mol. The summed E-state index contributed by atoms with van der Waals surface area (Å²) in [5.41, 5.74) is 10.3. The maximum Gasteiger partial charge on any atom is 0.414 e. The minimum absolute atomic E-state index is 0.0119. The highest BCUT2D eigenvalue weighted by molar-refractivity contribution is 5.96. The van der Waals surface area contributed by atoms with Gasteiger partial charge in [0.05, 0.1) is 18.1 Å². The molecule has 5 atom stereocenters. The average molecular weight is 674 g/mol. The Hall–Kier alpha value is -4.57. The maximum atomic E-state index is 13.4. The van der Waals surface area contributed by atoms with Crippen LogP contribution in [0.15, 0.2) is 29.0 Å². The summed E-state index contributed by atoms with van der Waals surface area (Å²) in [4.78, 5) is 56.6. The molecular formula is C32H47N7O9. The van der Waals surface area contributed by atoms with Gasteiger partial charge in [-0.1, -0.05) is 6.07 Å². The van der Waals surface area contributed by atoms with E-state index in [1.165, 1.54) is 11.9 Å². The average Bonchev–Trinajstić information content (AvgIpc) is 3.39. The Bertz CT molecular complexity index is 1480. The van der Waals surface area contributed by atoms with Crippen molar-refractivity contribution in [3.8, 4) is 11.5 Å². The van der Waals surface area contributed by atoms with Crippen LogP contribution in [-0.2, 0) is 24.5 Å². The topological polar surface area (TPSA) is 231 Å². The molecule has 48 heavy (non-hydrogen) atoms. The van der Waals surface area contributed by atoms with Gasteiger partial charge in [-0.3, -0.25) is 19.4 Å². The van der Waals surface area contributed by atoms with Gasteiger partial charge in [-0.25, -0.2) is 4.79 Å². The zero-order valence-corrected chi connectivity index (χ0v) is 28.1. The van der Waals surface area contributed by atoms with E-state index in [-0.39, 0.29) is 50.2 Å². The number of likely N-dealkylation sites (N-methyl/N-ethyl adjacent to an activating group) is 2. The number of aryl methyl sites for hydroxylation is 1. The van der Waals surface area contributed by atoms with Gasteiger partial charge in [-0.05, 0) is 64.4 Å². The van der Waals surface area contributed by atoms with Crippen LogP contribution in [-0.4, -0.2) is 121 Å². The summed E-state index contributed by atoms with van der Waals surface area (Å²) in [6.07, 6.45) is 0.724. The molecule has 0 radical (unpaired) electrons. The van der Waals surface area contributed by atoms with Gasteiger partial charge in [0.2, 0.25) is 11.8 Å². The van der Waals surface area contributed by atoms with E-state index in [9.17, 15) is 24.3 Å². The second-order valence-corrected chi connectivity index (χ2v) is 12.6. The molecule has 1 aliphatic carbocycles. The number of guanidine groups is 1. The highest BCUT2D eigenvalue weighted by atomic mass is 16.6. The number of carbonyl (C=O) groups excluding carboxylic acids is 3. The molecule has 2 heterocycles. The van der Waals surface area contributed by atoms with Crippen molar-refractivity contribution in [1.29, 1.82) is 0 Å². The Labute approximate surface area is 279 Å². The van der Waals surface area contributed by atoms with E-state index in [0.717, 1.165) is 11.1 Å². The largest absolute Gasteiger partial charge is 0.493 e. The number of nitrogens with two attached hydrogens (primary N) is 2. The first-order valence-electron chi connectivity index (χ1n) is 15.9. The number of amides is 3. The van der Waals surface area contributed by atoms with Gasteiger partial charge in [0.25, 0.3) is 0 Å². The Morgan fingerprint density at radius 2 is 2.00 bits per heavy atom. The number of piperidine rings is 1. The van der Waals surface area contributed by atoms with Gasteiger partial charge in [-0.15, -0.1) is 0 Å². The zero-order chi connectivity index (χ0) is 35.4. The van der Waals surface area contributed by atoms with Gasteiger partial charge < -0.3 is 56.3 Å². The molecule has 1 unspecified atom stereocenters. The molecule has 1 aromatic rings. The van der Waals surface area contributed by atoms with Crippen molar-refractivity contribution >= 4 is 29.8 Å². The number of nitrogens with zero attached hydrogens (tertiary/aromatic N) is 3. The van der Waals surface area contributed by atoms with Gasteiger partial charge in [-0.2, -0.15) is 0 Å². The van der Waals surface area contributed by atoms with Crippen molar-refractivity contribution in [3.05, 3.63) is 35.1 Å². The van der Waals surface area contributed by atoms with Crippen molar-refractivity contribution in [2.75, 3.05) is 47.4 Å². The van der Waals surface area contributed by atoms with E-state index in [1.54, 1.807) is 13.2 Å². The number of methoxy groups -OCH3 is 1. The van der Waals surface area contributed by atoms with Crippen molar-refractivity contribution in [2.24, 2.45) is 16.5 Å². The summed E-state index contributed by atoms with van der Waals surface area (Å²) in [5, 5.41) is 26.4. The van der Waals surface area contributed by atoms with Crippen LogP contribution in [0, 0.1) is 6.92 Å². The van der Waals surface area contributed by atoms with E-state index >= 15 is 0 Å². The number of likely N-dealkylation sites (tertiary alicyclic amines) is 1. The number of hydrogen-bond donors (Lipinski definition) is 6. The Balaban J connectivity index is 1.44. The van der Waals surface area contributed by atoms with Crippen LogP contribution in [0.3, 0.4) is 0 Å². The number of benzene rings is 1. The minimum Gasteiger partial charge on any atom is -0.493 e. The van der Waals surface area contributed by atoms with Gasteiger partial charge in [0.1, 0.15) is 18.2 Å². The molecule has 16 nitrogen and oxygen atoms in total. The summed E-state index contributed by atoms with van der Waals surface area (Å²) in [5.74, 6) is -1.48. The molecule has 0 aromatic heterocycles. The molecule has 264 valence electrons. The van der Waals surface area contributed by atoms with Crippen LogP contribution in [0.2, 0.25) is 0 Å². The van der Waals surface area contributed by atoms with Gasteiger partial charge in [0, 0.05) is 44.7 Å². The van der Waals surface area contributed by atoms with Gasteiger partial charge in [0.15, 0.2) is 23.6 Å². The van der Waals surface area contributed by atoms with Crippen LogP contribution < -0.4 is 31.6 Å². The SMILES string of the molecule is COc1ccc(C)c2c1O[C@H]1C(OC(=O)N(C)CCNC(=O)C(CCCN=C(N)N)NC(=O)CC(=O)O)=CC[C@@]3(O)[C@@H](C)N(C)CC[C@]213. The molecule has 0 bridgehead atoms. The second kappa shape index (κ2) is 14.7. The second-order valence-electron chi connectivity index (χ2n) is 12.6. The highest BCUT2D eigenvalue weighted by Gasteiger charge is 2.69. The van der Waals surface area contributed by atoms with Crippen molar-refractivity contribution in [2.45, 2.75) is 75.2 Å². The predicted molar refractivity (Wildman–Crippen MR) is 174 cm³/mol. The summed E-state index contributed by atoms with van der Waals surface area (Å²) in [7, 11) is 5.05. The number of hydrogen-bond acceptors (Lipinski definition) is 10. The van der Waals surface area contributed by atoms with Crippen molar-refractivity contribution in [3.63, 3.8) is 0 Å². The first-order chi connectivity index (χ1) is 22.7. The molecule has 3 amide bonds. The van der Waals surface area contributed by atoms with Crippen LogP contribution in [0.1, 0.15) is 50.2 Å². The molecule has 3 aliphatic rings. The Morgan fingerprint density at radius 1 is 1.27 bits per heavy atom. The molecule has 1 fully saturated rings. The van der Waals surface area contributed by atoms with Crippen LogP contribution in [0.4, 0.5) is 4.79 Å². The molecule has 8 N–H and O–H groups in total. The number of carboxylic acids is 1. The van der Waals surface area contributed by atoms with Crippen LogP contribution in [0.25, 0.3) is 0 Å². The third-order valence-electron chi connectivity index (χ3n) is 9.71. The number of carboxylic acid groups (broad SMARTS) is 1. The third-order valence-corrected chi connectivity index (χ3v) is 9.71. The monoisotopic (exact) mass is 673 g/mol. The molecule has 1 aromatic carbocycles. The van der Waals surface area contributed by atoms with E-state index < -0.39 is 53.5 Å². The number of aliphatic carboxylic acids is 1. The molecule has 1 saturated heterocycles. The summed E-state index contributed by atoms with van der Waals surface area (Å²) >= 11 is 0. The number of aliphatic hydroxyl groups is 1. The fraction of sp³-hybridized carbons (Fsp3) is 0.594. The lowest BCUT2D eigenvalue weighted by Gasteiger charge is -2.58. The van der Waals surface area contributed by atoms with E-state index in [2.05, 4.69) is 20.5 Å². The third kappa shape index (κ3) is 6.99. The number of carbonyl (C=O) groups is 4. The van der Waals surface area contributed by atoms with E-state index in [0.29, 0.717) is 30.9 Å². The fourth-order valence-electron chi connectivity index (χ4n) is 7.05. The van der Waals surface area contributed by atoms with Crippen LogP contribution in [0.5, 0.6) is 11.5 Å². The van der Waals surface area contributed by atoms with Crippen molar-refractivity contribution < 1.29 is 43.6 Å². The van der Waals surface area contributed by atoms with Crippen LogP contribution >= 0.6 is 0 Å². The molecule has 4 rings (SSSR count). The lowest BCUT2D eigenvalue weighted by atomic mass is 9.54. The number of aliphatic imine (C=N–C) groups is 1. The summed E-state index contributed by atoms with van der Waals surface area (Å²) in [6, 6.07) is 2.50. The minimum atomic E-state index is -1.33. The Morgan fingerprint density at radius 3 is 2.67 bits per heavy atom. The fourth-order valence-corrected chi connectivity index (χ4v) is 7.05. The standard InChI is InChI=1S/C32H47N7O9/c1-18-8-9-21(46-5)26-25(18)31-12-15-38(3)19(2)32(31,45)11-10-22(27(31)48-26)47-30(44)39(4)16-14-35-28(43)20(7-6-13-36-29(33)34)37-23(40)17-24(41)42/h8-10,19-20,27,45H,6-7,11-17H2,1-5H3,(H,35,43)(H,37,40)(H,41,42)(H4,33,34,36)/t19-,20?,27+,31+,32-/m1/s1. The molecule has 1 spiro atoms. The normalized spacial score (nSPS) is 24.8. The Kier molecular flexibility index (Phi) is 11.1. The number of nitrogens with one attached hydrogen (secondary N) is 2. The smallest absolute Gasteiger partial charge is 0.414 e. The number of ether oxygens (including phenoxy) is 3. The van der Waals surface area contributed by atoms with Crippen molar-refractivity contribution in [1.82, 2.24) is 20.4 Å². The zero-order valence-electron chi connectivity index (χ0n) is 28.1. The summed E-state index contributed by atoms with van der Waals surface area (Å²) < 4.78 is 18.1.